The molecule has 1 aliphatic heterocycles. The standard InChI is InChI=1S/C14H28N2O4/c1-14-12-19-10-6-15(4-8-17)2-3-16(5-9-18)7-11-20-13-14/h17-18H,1-13H2. The quantitative estimate of drug-likeness (QED) is 0.659. The monoisotopic (exact) mass is 288 g/mol. The van der Waals surface area contributed by atoms with E-state index in [1.807, 2.05) is 0 Å². The second-order valence-electron chi connectivity index (χ2n) is 4.99. The smallest absolute Gasteiger partial charge is 0.0696 e. The third-order valence-electron chi connectivity index (χ3n) is 3.28. The molecule has 0 aromatic heterocycles. The van der Waals surface area contributed by atoms with Crippen molar-refractivity contribution in [3.8, 4) is 0 Å². The fraction of sp³-hybridized carbons (Fsp3) is 0.857. The first kappa shape index (κ1) is 17.6. The third-order valence-corrected chi connectivity index (χ3v) is 3.28. The first-order valence-corrected chi connectivity index (χ1v) is 7.25. The third kappa shape index (κ3) is 7.94. The van der Waals surface area contributed by atoms with E-state index in [1.54, 1.807) is 0 Å². The molecule has 6 nitrogen and oxygen atoms in total. The highest BCUT2D eigenvalue weighted by molar-refractivity contribution is 4.94. The minimum atomic E-state index is 0.149. The lowest BCUT2D eigenvalue weighted by Crippen LogP contribution is -2.40. The maximum absolute atomic E-state index is 9.09. The highest BCUT2D eigenvalue weighted by atomic mass is 16.5. The molecular formula is C14H28N2O4. The number of rotatable bonds is 4. The summed E-state index contributed by atoms with van der Waals surface area (Å²) in [6, 6.07) is 0. The van der Waals surface area contributed by atoms with Gasteiger partial charge in [0.1, 0.15) is 0 Å². The first-order chi connectivity index (χ1) is 9.76. The topological polar surface area (TPSA) is 65.4 Å². The molecule has 1 rings (SSSR count). The molecule has 0 aromatic carbocycles. The summed E-state index contributed by atoms with van der Waals surface area (Å²) in [4.78, 5) is 4.35. The van der Waals surface area contributed by atoms with E-state index in [9.17, 15) is 0 Å². The SMILES string of the molecule is C=C1COCCN(CCO)CCN(CCO)CCOC1. The van der Waals surface area contributed by atoms with E-state index in [0.717, 1.165) is 31.8 Å². The molecule has 20 heavy (non-hydrogen) atoms. The van der Waals surface area contributed by atoms with Gasteiger partial charge >= 0.3 is 0 Å². The highest BCUT2D eigenvalue weighted by Crippen LogP contribution is 1.99. The zero-order valence-electron chi connectivity index (χ0n) is 12.3. The molecule has 0 saturated carbocycles. The summed E-state index contributed by atoms with van der Waals surface area (Å²) < 4.78 is 11.1. The molecule has 0 atom stereocenters. The average molecular weight is 288 g/mol. The van der Waals surface area contributed by atoms with Crippen LogP contribution in [0.5, 0.6) is 0 Å². The number of nitrogens with zero attached hydrogens (tertiary/aromatic N) is 2. The van der Waals surface area contributed by atoms with Crippen molar-refractivity contribution < 1.29 is 19.7 Å². The number of hydrogen-bond acceptors (Lipinski definition) is 6. The van der Waals surface area contributed by atoms with Gasteiger partial charge in [0.2, 0.25) is 0 Å². The van der Waals surface area contributed by atoms with Gasteiger partial charge in [-0.1, -0.05) is 6.58 Å². The van der Waals surface area contributed by atoms with Crippen LogP contribution < -0.4 is 0 Å². The molecule has 0 bridgehead atoms. The fourth-order valence-electron chi connectivity index (χ4n) is 2.10. The Hall–Kier alpha value is -0.500. The van der Waals surface area contributed by atoms with E-state index >= 15 is 0 Å². The van der Waals surface area contributed by atoms with Crippen molar-refractivity contribution in [1.29, 1.82) is 0 Å². The van der Waals surface area contributed by atoms with Crippen molar-refractivity contribution in [2.75, 3.05) is 78.9 Å². The van der Waals surface area contributed by atoms with Gasteiger partial charge in [-0.25, -0.2) is 0 Å². The van der Waals surface area contributed by atoms with Crippen LogP contribution in [-0.4, -0.2) is 98.9 Å². The Bertz CT molecular complexity index is 240. The molecule has 1 saturated heterocycles. The molecule has 0 aliphatic carbocycles. The molecule has 1 aliphatic rings. The number of β-amino-alcohol motifs (C(OH)–C–C–N with tert-alkyl or cyclic N) is 2. The summed E-state index contributed by atoms with van der Waals surface area (Å²) in [5.41, 5.74) is 0.937. The van der Waals surface area contributed by atoms with Gasteiger partial charge in [-0.05, 0) is 5.57 Å². The van der Waals surface area contributed by atoms with Crippen LogP contribution in [0.1, 0.15) is 0 Å². The molecule has 1 heterocycles. The molecule has 0 aromatic rings. The Labute approximate surface area is 121 Å². The average Bonchev–Trinajstić information content (AvgIpc) is 2.45. The predicted octanol–water partition coefficient (Wildman–Crippen LogP) is -0.822. The molecule has 6 heteroatoms. The molecule has 1 fully saturated rings. The lowest BCUT2D eigenvalue weighted by Gasteiger charge is -2.26. The van der Waals surface area contributed by atoms with Crippen molar-refractivity contribution in [2.24, 2.45) is 0 Å². The van der Waals surface area contributed by atoms with Crippen molar-refractivity contribution >= 4 is 0 Å². The minimum Gasteiger partial charge on any atom is -0.395 e. The van der Waals surface area contributed by atoms with Crippen molar-refractivity contribution in [3.63, 3.8) is 0 Å². The van der Waals surface area contributed by atoms with Crippen molar-refractivity contribution in [1.82, 2.24) is 9.80 Å². The van der Waals surface area contributed by atoms with Gasteiger partial charge in [0.15, 0.2) is 0 Å². The van der Waals surface area contributed by atoms with Crippen LogP contribution in [-0.2, 0) is 9.47 Å². The zero-order chi connectivity index (χ0) is 14.6. The zero-order valence-corrected chi connectivity index (χ0v) is 12.3. The Morgan fingerprint density at radius 1 is 0.850 bits per heavy atom. The predicted molar refractivity (Wildman–Crippen MR) is 77.8 cm³/mol. The Kier molecular flexibility index (Phi) is 9.82. The molecule has 0 radical (unpaired) electrons. The fourth-order valence-corrected chi connectivity index (χ4v) is 2.10. The number of hydrogen-bond donors (Lipinski definition) is 2. The minimum absolute atomic E-state index is 0.149. The van der Waals surface area contributed by atoms with Gasteiger partial charge < -0.3 is 19.7 Å². The Morgan fingerprint density at radius 2 is 1.30 bits per heavy atom. The van der Waals surface area contributed by atoms with Crippen LogP contribution >= 0.6 is 0 Å². The number of ether oxygens (including phenoxy) is 2. The van der Waals surface area contributed by atoms with Crippen LogP contribution in [0.25, 0.3) is 0 Å². The van der Waals surface area contributed by atoms with Gasteiger partial charge in [0.25, 0.3) is 0 Å². The number of aliphatic hydroxyl groups excluding tert-OH is 2. The highest BCUT2D eigenvalue weighted by Gasteiger charge is 2.10. The summed E-state index contributed by atoms with van der Waals surface area (Å²) in [5, 5.41) is 18.2. The molecule has 0 spiro atoms. The first-order valence-electron chi connectivity index (χ1n) is 7.25. The van der Waals surface area contributed by atoms with Crippen LogP contribution in [0.2, 0.25) is 0 Å². The summed E-state index contributed by atoms with van der Waals surface area (Å²) in [6.45, 7) is 11.1. The Balaban J connectivity index is 2.49. The van der Waals surface area contributed by atoms with Crippen molar-refractivity contribution in [3.05, 3.63) is 12.2 Å². The van der Waals surface area contributed by atoms with E-state index in [-0.39, 0.29) is 13.2 Å². The van der Waals surface area contributed by atoms with Crippen LogP contribution in [0.15, 0.2) is 12.2 Å². The molecule has 118 valence electrons. The maximum atomic E-state index is 9.09. The lowest BCUT2D eigenvalue weighted by molar-refractivity contribution is 0.0999. The van der Waals surface area contributed by atoms with Gasteiger partial charge in [0, 0.05) is 39.3 Å². The van der Waals surface area contributed by atoms with E-state index < -0.39 is 0 Å². The molecule has 2 N–H and O–H groups in total. The second kappa shape index (κ2) is 11.2. The maximum Gasteiger partial charge on any atom is 0.0696 e. The molecule has 0 unspecified atom stereocenters. The summed E-state index contributed by atoms with van der Waals surface area (Å²) in [6.07, 6.45) is 0. The van der Waals surface area contributed by atoms with Gasteiger partial charge in [-0.15, -0.1) is 0 Å². The van der Waals surface area contributed by atoms with Gasteiger partial charge in [-0.3, -0.25) is 9.80 Å². The van der Waals surface area contributed by atoms with Crippen molar-refractivity contribution in [2.45, 2.75) is 0 Å². The van der Waals surface area contributed by atoms with Crippen LogP contribution in [0.4, 0.5) is 0 Å². The lowest BCUT2D eigenvalue weighted by atomic mass is 10.3. The summed E-state index contributed by atoms with van der Waals surface area (Å²) in [7, 11) is 0. The van der Waals surface area contributed by atoms with Gasteiger partial charge in [-0.2, -0.15) is 0 Å². The molecule has 0 amide bonds. The van der Waals surface area contributed by atoms with Gasteiger partial charge in [0.05, 0.1) is 39.6 Å². The van der Waals surface area contributed by atoms with Crippen LogP contribution in [0.3, 0.4) is 0 Å². The van der Waals surface area contributed by atoms with E-state index in [1.165, 1.54) is 0 Å². The van der Waals surface area contributed by atoms with E-state index in [0.29, 0.717) is 39.5 Å². The van der Waals surface area contributed by atoms with Crippen LogP contribution in [0, 0.1) is 0 Å². The summed E-state index contributed by atoms with van der Waals surface area (Å²) >= 11 is 0. The summed E-state index contributed by atoms with van der Waals surface area (Å²) in [5.74, 6) is 0. The normalized spacial score (nSPS) is 22.0. The van der Waals surface area contributed by atoms with E-state index in [4.69, 9.17) is 19.7 Å². The molecular weight excluding hydrogens is 260 g/mol. The second-order valence-corrected chi connectivity index (χ2v) is 4.99. The van der Waals surface area contributed by atoms with E-state index in [2.05, 4.69) is 16.4 Å². The Morgan fingerprint density at radius 3 is 1.70 bits per heavy atom. The largest absolute Gasteiger partial charge is 0.395 e. The number of aliphatic hydroxyl groups is 2.